The van der Waals surface area contributed by atoms with Crippen molar-refractivity contribution in [2.45, 2.75) is 32.2 Å². The molecule has 1 heterocycles. The molecule has 0 N–H and O–H groups in total. The van der Waals surface area contributed by atoms with Crippen LogP contribution in [0.5, 0.6) is 5.75 Å². The number of nitrogens with zero attached hydrogens (tertiary/aromatic N) is 1. The molecule has 1 amide bonds. The minimum atomic E-state index is -0.642. The molecular weight excluding hydrogens is 374 g/mol. The molecule has 29 heavy (non-hydrogen) atoms. The Morgan fingerprint density at radius 3 is 2.59 bits per heavy atom. The first-order valence-corrected chi connectivity index (χ1v) is 9.82. The molecule has 0 radical (unpaired) electrons. The zero-order chi connectivity index (χ0) is 20.6. The summed E-state index contributed by atoms with van der Waals surface area (Å²) in [5.41, 5.74) is 0. The smallest absolute Gasteiger partial charge is 0.344 e. The quantitative estimate of drug-likeness (QED) is 0.666. The Hall–Kier alpha value is -3.09. The number of ether oxygens (including phenoxy) is 3. The van der Waals surface area contributed by atoms with Crippen molar-refractivity contribution < 1.29 is 28.6 Å². The molecule has 1 saturated heterocycles. The van der Waals surface area contributed by atoms with Gasteiger partial charge in [-0.25, -0.2) is 9.59 Å². The lowest BCUT2D eigenvalue weighted by Gasteiger charge is -2.33. The van der Waals surface area contributed by atoms with E-state index in [2.05, 4.69) is 0 Å². The number of hydrogen-bond acceptors (Lipinski definition) is 6. The van der Waals surface area contributed by atoms with Gasteiger partial charge in [0.1, 0.15) is 11.8 Å². The van der Waals surface area contributed by atoms with Crippen LogP contribution in [0.3, 0.4) is 0 Å². The Morgan fingerprint density at radius 1 is 1.00 bits per heavy atom. The Morgan fingerprint density at radius 2 is 1.79 bits per heavy atom. The van der Waals surface area contributed by atoms with Crippen molar-refractivity contribution in [3.8, 4) is 5.75 Å². The lowest BCUT2D eigenvalue weighted by atomic mass is 10.0. The monoisotopic (exact) mass is 399 g/mol. The van der Waals surface area contributed by atoms with Gasteiger partial charge in [-0.3, -0.25) is 4.79 Å². The molecule has 7 nitrogen and oxygen atoms in total. The number of fused-ring (bicyclic) bond motifs is 1. The van der Waals surface area contributed by atoms with Crippen molar-refractivity contribution in [1.82, 2.24) is 4.90 Å². The fourth-order valence-electron chi connectivity index (χ4n) is 3.38. The molecule has 2 aromatic rings. The average molecular weight is 399 g/mol. The average Bonchev–Trinajstić information content (AvgIpc) is 2.76. The summed E-state index contributed by atoms with van der Waals surface area (Å²) in [4.78, 5) is 37.9. The number of hydrogen-bond donors (Lipinski definition) is 0. The van der Waals surface area contributed by atoms with Crippen LogP contribution in [0.25, 0.3) is 10.8 Å². The van der Waals surface area contributed by atoms with E-state index in [1.165, 1.54) is 4.90 Å². The third-order valence-electron chi connectivity index (χ3n) is 4.82. The van der Waals surface area contributed by atoms with Crippen LogP contribution in [0, 0.1) is 0 Å². The van der Waals surface area contributed by atoms with Crippen LogP contribution < -0.4 is 4.74 Å². The van der Waals surface area contributed by atoms with Gasteiger partial charge in [0.2, 0.25) is 0 Å². The molecule has 0 spiro atoms. The number of likely N-dealkylation sites (tertiary alicyclic amines) is 1. The van der Waals surface area contributed by atoms with E-state index in [-0.39, 0.29) is 13.2 Å². The zero-order valence-corrected chi connectivity index (χ0v) is 16.5. The summed E-state index contributed by atoms with van der Waals surface area (Å²) >= 11 is 0. The molecule has 0 aromatic heterocycles. The van der Waals surface area contributed by atoms with Gasteiger partial charge >= 0.3 is 11.9 Å². The first-order valence-electron chi connectivity index (χ1n) is 9.82. The number of carbonyl (C=O) groups is 3. The molecule has 0 saturated carbocycles. The summed E-state index contributed by atoms with van der Waals surface area (Å²) in [6, 6.07) is 12.7. The Bertz CT molecular complexity index is 880. The highest BCUT2D eigenvalue weighted by molar-refractivity contribution is 5.87. The first-order chi connectivity index (χ1) is 14.1. The van der Waals surface area contributed by atoms with Crippen molar-refractivity contribution >= 4 is 28.6 Å². The van der Waals surface area contributed by atoms with Crippen LogP contribution in [0.4, 0.5) is 0 Å². The molecule has 0 aliphatic carbocycles. The molecule has 2 aromatic carbocycles. The number of rotatable bonds is 7. The van der Waals surface area contributed by atoms with Gasteiger partial charge in [-0.05, 0) is 49.1 Å². The molecular formula is C22H25NO6. The molecule has 1 atom stereocenters. The second-order valence-electron chi connectivity index (χ2n) is 6.81. The van der Waals surface area contributed by atoms with Crippen molar-refractivity contribution in [3.63, 3.8) is 0 Å². The Labute approximate surface area is 169 Å². The lowest BCUT2D eigenvalue weighted by molar-refractivity contribution is -0.161. The standard InChI is InChI=1S/C22H25NO6/c1-2-27-22(26)19-9-5-6-12-23(19)20(24)14-29-21(25)15-28-18-11-10-16-7-3-4-8-17(16)13-18/h3-4,7-8,10-11,13,19H,2,5-6,9,12,14-15H2,1H3/t19-/m1/s1. The normalized spacial score (nSPS) is 16.3. The van der Waals surface area contributed by atoms with Crippen LogP contribution in [-0.2, 0) is 23.9 Å². The van der Waals surface area contributed by atoms with E-state index in [9.17, 15) is 14.4 Å². The van der Waals surface area contributed by atoms with E-state index in [1.54, 1.807) is 13.0 Å². The second-order valence-corrected chi connectivity index (χ2v) is 6.81. The maximum atomic E-state index is 12.4. The number of amides is 1. The predicted octanol–water partition coefficient (Wildman–Crippen LogP) is 2.71. The molecule has 154 valence electrons. The van der Waals surface area contributed by atoms with Gasteiger partial charge < -0.3 is 19.1 Å². The topological polar surface area (TPSA) is 82.1 Å². The van der Waals surface area contributed by atoms with Crippen molar-refractivity contribution in [1.29, 1.82) is 0 Å². The third-order valence-corrected chi connectivity index (χ3v) is 4.82. The van der Waals surface area contributed by atoms with E-state index < -0.39 is 30.5 Å². The van der Waals surface area contributed by atoms with Crippen LogP contribution in [0.1, 0.15) is 26.2 Å². The highest BCUT2D eigenvalue weighted by Crippen LogP contribution is 2.21. The van der Waals surface area contributed by atoms with E-state index in [0.29, 0.717) is 18.7 Å². The van der Waals surface area contributed by atoms with Gasteiger partial charge in [-0.1, -0.05) is 30.3 Å². The fraction of sp³-hybridized carbons (Fsp3) is 0.409. The Kier molecular flexibility index (Phi) is 7.05. The van der Waals surface area contributed by atoms with Crippen LogP contribution in [0.2, 0.25) is 0 Å². The highest BCUT2D eigenvalue weighted by Gasteiger charge is 2.33. The van der Waals surface area contributed by atoms with Gasteiger partial charge in [0.05, 0.1) is 6.61 Å². The highest BCUT2D eigenvalue weighted by atomic mass is 16.6. The number of piperidine rings is 1. The van der Waals surface area contributed by atoms with Crippen molar-refractivity contribution in [2.24, 2.45) is 0 Å². The number of esters is 2. The minimum Gasteiger partial charge on any atom is -0.482 e. The minimum absolute atomic E-state index is 0.262. The summed E-state index contributed by atoms with van der Waals surface area (Å²) in [6.07, 6.45) is 2.22. The molecule has 3 rings (SSSR count). The fourth-order valence-corrected chi connectivity index (χ4v) is 3.38. The predicted molar refractivity (Wildman–Crippen MR) is 106 cm³/mol. The zero-order valence-electron chi connectivity index (χ0n) is 16.5. The van der Waals surface area contributed by atoms with Gasteiger partial charge in [-0.15, -0.1) is 0 Å². The van der Waals surface area contributed by atoms with Gasteiger partial charge in [-0.2, -0.15) is 0 Å². The second kappa shape index (κ2) is 9.91. The molecule has 0 bridgehead atoms. The molecule has 1 fully saturated rings. The number of carbonyl (C=O) groups excluding carboxylic acids is 3. The lowest BCUT2D eigenvalue weighted by Crippen LogP contribution is -2.50. The molecule has 7 heteroatoms. The summed E-state index contributed by atoms with van der Waals surface area (Å²) in [7, 11) is 0. The SMILES string of the molecule is CCOC(=O)[C@H]1CCCCN1C(=O)COC(=O)COc1ccc2ccccc2c1. The summed E-state index contributed by atoms with van der Waals surface area (Å²) in [5.74, 6) is -0.907. The number of benzene rings is 2. The van der Waals surface area contributed by atoms with Crippen molar-refractivity contribution in [2.75, 3.05) is 26.4 Å². The van der Waals surface area contributed by atoms with E-state index >= 15 is 0 Å². The van der Waals surface area contributed by atoms with E-state index in [1.807, 2.05) is 36.4 Å². The first kappa shape index (κ1) is 20.6. The summed E-state index contributed by atoms with van der Waals surface area (Å²) in [6.45, 7) is 1.72. The molecule has 1 aliphatic rings. The van der Waals surface area contributed by atoms with Crippen molar-refractivity contribution in [3.05, 3.63) is 42.5 Å². The van der Waals surface area contributed by atoms with Crippen LogP contribution in [-0.4, -0.2) is 55.2 Å². The summed E-state index contributed by atoms with van der Waals surface area (Å²) < 4.78 is 15.6. The van der Waals surface area contributed by atoms with Gasteiger partial charge in [0.25, 0.3) is 5.91 Å². The van der Waals surface area contributed by atoms with Gasteiger partial charge in [0, 0.05) is 6.54 Å². The maximum absolute atomic E-state index is 12.4. The third kappa shape index (κ3) is 5.47. The summed E-state index contributed by atoms with van der Waals surface area (Å²) in [5, 5.41) is 2.08. The van der Waals surface area contributed by atoms with Crippen LogP contribution >= 0.6 is 0 Å². The molecule has 1 aliphatic heterocycles. The van der Waals surface area contributed by atoms with Crippen LogP contribution in [0.15, 0.2) is 42.5 Å². The van der Waals surface area contributed by atoms with E-state index in [0.717, 1.165) is 23.6 Å². The Balaban J connectivity index is 1.48. The van der Waals surface area contributed by atoms with E-state index in [4.69, 9.17) is 14.2 Å². The maximum Gasteiger partial charge on any atom is 0.344 e. The van der Waals surface area contributed by atoms with Gasteiger partial charge in [0.15, 0.2) is 13.2 Å². The largest absolute Gasteiger partial charge is 0.482 e. The molecule has 0 unspecified atom stereocenters.